The fraction of sp³-hybridized carbons (Fsp3) is 0.267. The lowest BCUT2D eigenvalue weighted by Gasteiger charge is -2.28. The topological polar surface area (TPSA) is 48.1 Å². The van der Waals surface area contributed by atoms with E-state index >= 15 is 0 Å². The molecule has 1 heterocycles. The molecule has 2 unspecified atom stereocenters. The molecule has 1 aromatic heterocycles. The van der Waals surface area contributed by atoms with Crippen LogP contribution >= 0.6 is 0 Å². The SMILES string of the molecule is NC1CCC(Oc2ccccc2)c2ncccc21. The monoisotopic (exact) mass is 240 g/mol. The fourth-order valence-electron chi connectivity index (χ4n) is 2.41. The van der Waals surface area contributed by atoms with E-state index < -0.39 is 0 Å². The summed E-state index contributed by atoms with van der Waals surface area (Å²) in [7, 11) is 0. The molecule has 3 heteroatoms. The van der Waals surface area contributed by atoms with Crippen LogP contribution in [0.1, 0.15) is 36.2 Å². The summed E-state index contributed by atoms with van der Waals surface area (Å²) in [5, 5.41) is 0. The summed E-state index contributed by atoms with van der Waals surface area (Å²) in [5.74, 6) is 0.884. The highest BCUT2D eigenvalue weighted by Gasteiger charge is 2.27. The van der Waals surface area contributed by atoms with E-state index in [0.29, 0.717) is 0 Å². The number of hydrogen-bond acceptors (Lipinski definition) is 3. The van der Waals surface area contributed by atoms with E-state index in [9.17, 15) is 0 Å². The van der Waals surface area contributed by atoms with Crippen LogP contribution in [0, 0.1) is 0 Å². The zero-order chi connectivity index (χ0) is 12.4. The molecule has 0 saturated carbocycles. The van der Waals surface area contributed by atoms with Gasteiger partial charge >= 0.3 is 0 Å². The number of rotatable bonds is 2. The number of benzene rings is 1. The van der Waals surface area contributed by atoms with Gasteiger partial charge < -0.3 is 10.5 Å². The molecule has 0 bridgehead atoms. The Labute approximate surface area is 107 Å². The van der Waals surface area contributed by atoms with Crippen LogP contribution in [0.4, 0.5) is 0 Å². The lowest BCUT2D eigenvalue weighted by Crippen LogP contribution is -2.24. The number of pyridine rings is 1. The van der Waals surface area contributed by atoms with Gasteiger partial charge in [0.2, 0.25) is 0 Å². The molecular weight excluding hydrogens is 224 g/mol. The summed E-state index contributed by atoms with van der Waals surface area (Å²) in [6.07, 6.45) is 3.68. The van der Waals surface area contributed by atoms with E-state index in [4.69, 9.17) is 10.5 Å². The summed E-state index contributed by atoms with van der Waals surface area (Å²) in [5.41, 5.74) is 8.21. The predicted molar refractivity (Wildman–Crippen MR) is 70.2 cm³/mol. The Balaban J connectivity index is 1.89. The van der Waals surface area contributed by atoms with Crippen LogP contribution in [0.15, 0.2) is 48.7 Å². The maximum absolute atomic E-state index is 6.11. The number of nitrogens with two attached hydrogens (primary N) is 1. The third kappa shape index (κ3) is 2.09. The molecule has 3 nitrogen and oxygen atoms in total. The second kappa shape index (κ2) is 4.78. The minimum Gasteiger partial charge on any atom is -0.484 e. The van der Waals surface area contributed by atoms with Gasteiger partial charge in [-0.1, -0.05) is 24.3 Å². The van der Waals surface area contributed by atoms with Crippen molar-refractivity contribution in [2.24, 2.45) is 5.73 Å². The molecule has 2 atom stereocenters. The number of para-hydroxylation sites is 1. The van der Waals surface area contributed by atoms with Gasteiger partial charge in [-0.25, -0.2) is 0 Å². The Hall–Kier alpha value is -1.87. The van der Waals surface area contributed by atoms with Gasteiger partial charge in [0.15, 0.2) is 0 Å². The van der Waals surface area contributed by atoms with Gasteiger partial charge in [-0.3, -0.25) is 4.98 Å². The minimum absolute atomic E-state index is 0.0170. The quantitative estimate of drug-likeness (QED) is 0.877. The maximum Gasteiger partial charge on any atom is 0.141 e. The van der Waals surface area contributed by atoms with Gasteiger partial charge in [0.25, 0.3) is 0 Å². The zero-order valence-electron chi connectivity index (χ0n) is 10.1. The normalized spacial score (nSPS) is 22.3. The number of fused-ring (bicyclic) bond motifs is 1. The van der Waals surface area contributed by atoms with Crippen LogP contribution in [-0.2, 0) is 0 Å². The molecule has 0 saturated heterocycles. The van der Waals surface area contributed by atoms with Crippen LogP contribution in [0.5, 0.6) is 5.75 Å². The van der Waals surface area contributed by atoms with Crippen molar-refractivity contribution >= 4 is 0 Å². The first kappa shape index (κ1) is 11.2. The molecule has 1 aromatic carbocycles. The first-order valence-electron chi connectivity index (χ1n) is 6.26. The molecule has 2 N–H and O–H groups in total. The van der Waals surface area contributed by atoms with E-state index in [-0.39, 0.29) is 12.1 Å². The van der Waals surface area contributed by atoms with Crippen molar-refractivity contribution in [3.63, 3.8) is 0 Å². The molecule has 0 spiro atoms. The molecule has 2 aromatic rings. The van der Waals surface area contributed by atoms with Gasteiger partial charge in [-0.15, -0.1) is 0 Å². The van der Waals surface area contributed by atoms with E-state index in [1.54, 1.807) is 6.20 Å². The standard InChI is InChI=1S/C15H16N2O/c16-13-8-9-14(15-12(13)7-4-10-17-15)18-11-5-2-1-3-6-11/h1-7,10,13-14H,8-9,16H2. The van der Waals surface area contributed by atoms with Crippen molar-refractivity contribution in [1.29, 1.82) is 0 Å². The third-order valence-electron chi connectivity index (χ3n) is 3.34. The molecular formula is C15H16N2O. The summed E-state index contributed by atoms with van der Waals surface area (Å²) in [4.78, 5) is 4.44. The fourth-order valence-corrected chi connectivity index (χ4v) is 2.41. The lowest BCUT2D eigenvalue weighted by atomic mass is 9.90. The molecule has 0 aliphatic heterocycles. The molecule has 0 radical (unpaired) electrons. The molecule has 1 aliphatic rings. The van der Waals surface area contributed by atoms with E-state index in [1.165, 1.54) is 0 Å². The largest absolute Gasteiger partial charge is 0.484 e. The number of aromatic nitrogens is 1. The highest BCUT2D eigenvalue weighted by molar-refractivity contribution is 5.30. The number of nitrogens with zero attached hydrogens (tertiary/aromatic N) is 1. The van der Waals surface area contributed by atoms with Gasteiger partial charge in [0, 0.05) is 12.2 Å². The average molecular weight is 240 g/mol. The van der Waals surface area contributed by atoms with E-state index in [1.807, 2.05) is 42.5 Å². The lowest BCUT2D eigenvalue weighted by molar-refractivity contribution is 0.172. The van der Waals surface area contributed by atoms with Gasteiger partial charge in [0.1, 0.15) is 11.9 Å². The summed E-state index contributed by atoms with van der Waals surface area (Å²) < 4.78 is 6.01. The third-order valence-corrected chi connectivity index (χ3v) is 3.34. The molecule has 18 heavy (non-hydrogen) atoms. The first-order valence-corrected chi connectivity index (χ1v) is 6.26. The highest BCUT2D eigenvalue weighted by Crippen LogP contribution is 2.36. The van der Waals surface area contributed by atoms with Gasteiger partial charge in [-0.05, 0) is 36.6 Å². The van der Waals surface area contributed by atoms with Crippen LogP contribution in [0.3, 0.4) is 0 Å². The van der Waals surface area contributed by atoms with E-state index in [2.05, 4.69) is 4.98 Å². The Morgan fingerprint density at radius 1 is 1.06 bits per heavy atom. The highest BCUT2D eigenvalue weighted by atomic mass is 16.5. The summed E-state index contributed by atoms with van der Waals surface area (Å²) in [6, 6.07) is 13.9. The molecule has 92 valence electrons. The van der Waals surface area contributed by atoms with Crippen molar-refractivity contribution in [3.8, 4) is 5.75 Å². The molecule has 0 amide bonds. The van der Waals surface area contributed by atoms with Gasteiger partial charge in [0.05, 0.1) is 5.69 Å². The van der Waals surface area contributed by atoms with Crippen LogP contribution in [-0.4, -0.2) is 4.98 Å². The van der Waals surface area contributed by atoms with Crippen molar-refractivity contribution < 1.29 is 4.74 Å². The summed E-state index contributed by atoms with van der Waals surface area (Å²) >= 11 is 0. The zero-order valence-corrected chi connectivity index (χ0v) is 10.1. The summed E-state index contributed by atoms with van der Waals surface area (Å²) in [6.45, 7) is 0. The molecule has 3 rings (SSSR count). The van der Waals surface area contributed by atoms with Crippen LogP contribution in [0.25, 0.3) is 0 Å². The molecule has 1 aliphatic carbocycles. The number of ether oxygens (including phenoxy) is 1. The minimum atomic E-state index is 0.0170. The first-order chi connectivity index (χ1) is 8.84. The van der Waals surface area contributed by atoms with Crippen LogP contribution in [0.2, 0.25) is 0 Å². The Bertz CT molecular complexity index is 527. The second-order valence-corrected chi connectivity index (χ2v) is 4.58. The van der Waals surface area contributed by atoms with Crippen molar-refractivity contribution in [2.45, 2.75) is 25.0 Å². The number of hydrogen-bond donors (Lipinski definition) is 1. The average Bonchev–Trinajstić information content (AvgIpc) is 2.44. The Morgan fingerprint density at radius 2 is 1.89 bits per heavy atom. The van der Waals surface area contributed by atoms with Crippen LogP contribution < -0.4 is 10.5 Å². The smallest absolute Gasteiger partial charge is 0.141 e. The Morgan fingerprint density at radius 3 is 2.72 bits per heavy atom. The van der Waals surface area contributed by atoms with Crippen molar-refractivity contribution in [1.82, 2.24) is 4.98 Å². The Kier molecular flexibility index (Phi) is 2.99. The van der Waals surface area contributed by atoms with E-state index in [0.717, 1.165) is 29.8 Å². The van der Waals surface area contributed by atoms with Crippen molar-refractivity contribution in [2.75, 3.05) is 0 Å². The van der Waals surface area contributed by atoms with Gasteiger partial charge in [-0.2, -0.15) is 0 Å². The predicted octanol–water partition coefficient (Wildman–Crippen LogP) is 3.00. The maximum atomic E-state index is 6.11. The second-order valence-electron chi connectivity index (χ2n) is 4.58. The van der Waals surface area contributed by atoms with Crippen molar-refractivity contribution in [3.05, 3.63) is 59.9 Å². The molecule has 0 fully saturated rings.